The van der Waals surface area contributed by atoms with E-state index >= 15 is 0 Å². The molecule has 0 bridgehead atoms. The van der Waals surface area contributed by atoms with Crippen LogP contribution in [0, 0.1) is 6.92 Å². The van der Waals surface area contributed by atoms with Crippen LogP contribution >= 0.6 is 0 Å². The predicted molar refractivity (Wildman–Crippen MR) is 63.2 cm³/mol. The zero-order chi connectivity index (χ0) is 12.3. The van der Waals surface area contributed by atoms with Crippen molar-refractivity contribution < 1.29 is 4.79 Å². The summed E-state index contributed by atoms with van der Waals surface area (Å²) in [5.74, 6) is -0.111. The Bertz CT molecular complexity index is 379. The predicted octanol–water partition coefficient (Wildman–Crippen LogP) is 0.586. The lowest BCUT2D eigenvalue weighted by Crippen LogP contribution is -2.50. The first kappa shape index (κ1) is 12.7. The van der Waals surface area contributed by atoms with Gasteiger partial charge in [0.2, 0.25) is 0 Å². The van der Waals surface area contributed by atoms with Crippen LogP contribution in [-0.2, 0) is 7.05 Å². The van der Waals surface area contributed by atoms with Gasteiger partial charge in [-0.15, -0.1) is 0 Å². The van der Waals surface area contributed by atoms with E-state index in [9.17, 15) is 4.79 Å². The van der Waals surface area contributed by atoms with Crippen molar-refractivity contribution in [2.75, 3.05) is 6.54 Å². The number of hydrogen-bond acceptors (Lipinski definition) is 3. The van der Waals surface area contributed by atoms with E-state index in [1.54, 1.807) is 10.9 Å². The fourth-order valence-corrected chi connectivity index (χ4v) is 1.35. The first-order valence-corrected chi connectivity index (χ1v) is 5.44. The quantitative estimate of drug-likeness (QED) is 0.786. The molecule has 0 aliphatic carbocycles. The van der Waals surface area contributed by atoms with Crippen LogP contribution in [0.2, 0.25) is 0 Å². The maximum atomic E-state index is 12.0. The third-order valence-electron chi connectivity index (χ3n) is 3.13. The Hall–Kier alpha value is -1.36. The molecule has 1 aromatic heterocycles. The number of carbonyl (C=O) groups is 1. The lowest BCUT2D eigenvalue weighted by atomic mass is 9.98. The van der Waals surface area contributed by atoms with Crippen molar-refractivity contribution in [3.63, 3.8) is 0 Å². The molecule has 0 saturated heterocycles. The number of amides is 1. The summed E-state index contributed by atoms with van der Waals surface area (Å²) in [6.07, 6.45) is 2.38. The van der Waals surface area contributed by atoms with Crippen molar-refractivity contribution in [3.8, 4) is 0 Å². The average molecular weight is 224 g/mol. The number of rotatable bonds is 4. The summed E-state index contributed by atoms with van der Waals surface area (Å²) in [4.78, 5) is 12.0. The van der Waals surface area contributed by atoms with Crippen LogP contribution in [0.4, 0.5) is 0 Å². The van der Waals surface area contributed by atoms with Gasteiger partial charge in [0.15, 0.2) is 0 Å². The van der Waals surface area contributed by atoms with Gasteiger partial charge in [-0.1, -0.05) is 6.92 Å². The van der Waals surface area contributed by atoms with Gasteiger partial charge in [0.05, 0.1) is 11.8 Å². The van der Waals surface area contributed by atoms with Gasteiger partial charge in [-0.05, 0) is 20.3 Å². The molecule has 1 aromatic rings. The number of nitrogens with zero attached hydrogens (tertiary/aromatic N) is 2. The van der Waals surface area contributed by atoms with Crippen molar-refractivity contribution in [1.82, 2.24) is 15.1 Å². The minimum Gasteiger partial charge on any atom is -0.346 e. The highest BCUT2D eigenvalue weighted by molar-refractivity contribution is 5.95. The summed E-state index contributed by atoms with van der Waals surface area (Å²) in [5.41, 5.74) is 6.77. The molecule has 3 N–H and O–H groups in total. The first-order chi connectivity index (χ1) is 7.43. The van der Waals surface area contributed by atoms with Gasteiger partial charge in [-0.25, -0.2) is 0 Å². The molecular formula is C11H20N4O. The Morgan fingerprint density at radius 1 is 1.69 bits per heavy atom. The number of hydrogen-bond donors (Lipinski definition) is 2. The summed E-state index contributed by atoms with van der Waals surface area (Å²) < 4.78 is 1.68. The van der Waals surface area contributed by atoms with E-state index in [1.165, 1.54) is 0 Å². The standard InChI is InChI=1S/C11H20N4O/c1-5-11(3,7-12)14-10(16)9-6-13-15(4)8(9)2/h6H,5,7,12H2,1-4H3,(H,14,16). The third-order valence-corrected chi connectivity index (χ3v) is 3.13. The molecule has 0 fully saturated rings. The minimum atomic E-state index is -0.348. The average Bonchev–Trinajstić information content (AvgIpc) is 2.59. The second-order valence-corrected chi connectivity index (χ2v) is 4.34. The van der Waals surface area contributed by atoms with Crippen molar-refractivity contribution in [2.45, 2.75) is 32.7 Å². The molecular weight excluding hydrogens is 204 g/mol. The van der Waals surface area contributed by atoms with Gasteiger partial charge in [-0.2, -0.15) is 5.10 Å². The minimum absolute atomic E-state index is 0.111. The fourth-order valence-electron chi connectivity index (χ4n) is 1.35. The normalized spacial score (nSPS) is 14.6. The summed E-state index contributed by atoms with van der Waals surface area (Å²) in [6, 6.07) is 0. The van der Waals surface area contributed by atoms with Crippen molar-refractivity contribution in [3.05, 3.63) is 17.5 Å². The molecule has 1 atom stereocenters. The Morgan fingerprint density at radius 3 is 2.69 bits per heavy atom. The number of carbonyl (C=O) groups excluding carboxylic acids is 1. The van der Waals surface area contributed by atoms with Crippen LogP contribution in [0.5, 0.6) is 0 Å². The highest BCUT2D eigenvalue weighted by Crippen LogP contribution is 2.11. The number of aromatic nitrogens is 2. The van der Waals surface area contributed by atoms with E-state index in [0.29, 0.717) is 12.1 Å². The zero-order valence-electron chi connectivity index (χ0n) is 10.4. The topological polar surface area (TPSA) is 72.9 Å². The van der Waals surface area contributed by atoms with Gasteiger partial charge in [0.25, 0.3) is 5.91 Å². The number of nitrogens with one attached hydrogen (secondary N) is 1. The fraction of sp³-hybridized carbons (Fsp3) is 0.636. The van der Waals surface area contributed by atoms with E-state index in [1.807, 2.05) is 27.8 Å². The second-order valence-electron chi connectivity index (χ2n) is 4.34. The molecule has 0 saturated carbocycles. The first-order valence-electron chi connectivity index (χ1n) is 5.44. The van der Waals surface area contributed by atoms with E-state index in [2.05, 4.69) is 10.4 Å². The summed E-state index contributed by atoms with van der Waals surface area (Å²) in [7, 11) is 1.81. The molecule has 0 radical (unpaired) electrons. The zero-order valence-corrected chi connectivity index (χ0v) is 10.4. The molecule has 1 rings (SSSR count). The second kappa shape index (κ2) is 4.65. The van der Waals surface area contributed by atoms with Crippen LogP contribution in [0.15, 0.2) is 6.20 Å². The monoisotopic (exact) mass is 224 g/mol. The van der Waals surface area contributed by atoms with E-state index < -0.39 is 0 Å². The van der Waals surface area contributed by atoms with Crippen LogP contribution in [0.3, 0.4) is 0 Å². The largest absolute Gasteiger partial charge is 0.346 e. The summed E-state index contributed by atoms with van der Waals surface area (Å²) in [5, 5.41) is 6.99. The lowest BCUT2D eigenvalue weighted by molar-refractivity contribution is 0.0906. The van der Waals surface area contributed by atoms with Crippen LogP contribution in [-0.4, -0.2) is 27.8 Å². The molecule has 1 heterocycles. The van der Waals surface area contributed by atoms with Crippen LogP contribution < -0.4 is 11.1 Å². The van der Waals surface area contributed by atoms with Gasteiger partial charge >= 0.3 is 0 Å². The van der Waals surface area contributed by atoms with Crippen LogP contribution in [0.1, 0.15) is 36.3 Å². The molecule has 0 aliphatic heterocycles. The van der Waals surface area contributed by atoms with Gasteiger partial charge in [0, 0.05) is 24.8 Å². The van der Waals surface area contributed by atoms with Gasteiger partial charge in [-0.3, -0.25) is 9.48 Å². The summed E-state index contributed by atoms with van der Waals surface area (Å²) >= 11 is 0. The van der Waals surface area contributed by atoms with E-state index in [4.69, 9.17) is 5.73 Å². The number of aryl methyl sites for hydroxylation is 1. The van der Waals surface area contributed by atoms with E-state index in [-0.39, 0.29) is 11.4 Å². The lowest BCUT2D eigenvalue weighted by Gasteiger charge is -2.27. The highest BCUT2D eigenvalue weighted by atomic mass is 16.1. The molecule has 0 spiro atoms. The van der Waals surface area contributed by atoms with E-state index in [0.717, 1.165) is 12.1 Å². The third kappa shape index (κ3) is 2.41. The molecule has 5 nitrogen and oxygen atoms in total. The molecule has 16 heavy (non-hydrogen) atoms. The van der Waals surface area contributed by atoms with Crippen molar-refractivity contribution in [1.29, 1.82) is 0 Å². The molecule has 0 aliphatic rings. The Morgan fingerprint density at radius 2 is 2.31 bits per heavy atom. The number of nitrogens with two attached hydrogens (primary N) is 1. The molecule has 5 heteroatoms. The summed E-state index contributed by atoms with van der Waals surface area (Å²) in [6.45, 7) is 6.24. The van der Waals surface area contributed by atoms with Crippen molar-refractivity contribution >= 4 is 5.91 Å². The van der Waals surface area contributed by atoms with Gasteiger partial charge in [0.1, 0.15) is 0 Å². The Kier molecular flexibility index (Phi) is 3.70. The highest BCUT2D eigenvalue weighted by Gasteiger charge is 2.24. The molecule has 1 amide bonds. The Labute approximate surface area is 96.0 Å². The van der Waals surface area contributed by atoms with Crippen LogP contribution in [0.25, 0.3) is 0 Å². The van der Waals surface area contributed by atoms with Crippen molar-refractivity contribution in [2.24, 2.45) is 12.8 Å². The molecule has 1 unspecified atom stereocenters. The maximum Gasteiger partial charge on any atom is 0.255 e. The molecule has 0 aromatic carbocycles. The SMILES string of the molecule is CCC(C)(CN)NC(=O)c1cnn(C)c1C. The molecule has 90 valence electrons. The van der Waals surface area contributed by atoms with Gasteiger partial charge < -0.3 is 11.1 Å². The Balaban J connectivity index is 2.84. The smallest absolute Gasteiger partial charge is 0.255 e. The maximum absolute atomic E-state index is 12.0.